The number of hydrogen-bond donors (Lipinski definition) is 0. The van der Waals surface area contributed by atoms with Crippen molar-refractivity contribution >= 4 is 11.6 Å². The molecule has 0 spiro atoms. The van der Waals surface area contributed by atoms with Crippen molar-refractivity contribution in [2.24, 2.45) is 5.92 Å². The molecule has 5 heteroatoms. The maximum absolute atomic E-state index is 12.6. The van der Waals surface area contributed by atoms with Gasteiger partial charge in [-0.2, -0.15) is 0 Å². The highest BCUT2D eigenvalue weighted by Crippen LogP contribution is 2.30. The van der Waals surface area contributed by atoms with E-state index >= 15 is 0 Å². The molecule has 0 aromatic heterocycles. The molecule has 126 valence electrons. The Bertz CT molecular complexity index is 547. The molecule has 5 nitrogen and oxygen atoms in total. The number of anilines is 1. The molecule has 1 aromatic carbocycles. The predicted molar refractivity (Wildman–Crippen MR) is 90.1 cm³/mol. The molecule has 0 aliphatic carbocycles. The molecule has 3 rings (SSSR count). The fraction of sp³-hybridized carbons (Fsp3) is 0.611. The number of benzene rings is 1. The highest BCUT2D eigenvalue weighted by molar-refractivity contribution is 5.79. The van der Waals surface area contributed by atoms with E-state index in [1.54, 1.807) is 7.11 Å². The lowest BCUT2D eigenvalue weighted by atomic mass is 9.98. The molecule has 0 bridgehead atoms. The molecule has 1 aromatic rings. The second-order valence-corrected chi connectivity index (χ2v) is 6.37. The Labute approximate surface area is 138 Å². The zero-order valence-electron chi connectivity index (χ0n) is 14.1. The van der Waals surface area contributed by atoms with Gasteiger partial charge >= 0.3 is 0 Å². The quantitative estimate of drug-likeness (QED) is 0.856. The maximum Gasteiger partial charge on any atom is 0.225 e. The summed E-state index contributed by atoms with van der Waals surface area (Å²) < 4.78 is 10.8. The molecule has 0 unspecified atom stereocenters. The molecule has 0 radical (unpaired) electrons. The highest BCUT2D eigenvalue weighted by atomic mass is 16.5. The van der Waals surface area contributed by atoms with E-state index in [0.29, 0.717) is 5.91 Å². The first-order valence-corrected chi connectivity index (χ1v) is 8.45. The molecule has 0 saturated carbocycles. The summed E-state index contributed by atoms with van der Waals surface area (Å²) in [6.07, 6.45) is 1.73. The minimum Gasteiger partial charge on any atom is -0.495 e. The Morgan fingerprint density at radius 3 is 2.52 bits per heavy atom. The minimum absolute atomic E-state index is 0.156. The molecule has 0 N–H and O–H groups in total. The van der Waals surface area contributed by atoms with E-state index in [9.17, 15) is 4.79 Å². The lowest BCUT2D eigenvalue weighted by Gasteiger charge is -2.38. The van der Waals surface area contributed by atoms with Crippen LogP contribution in [0.25, 0.3) is 0 Å². The van der Waals surface area contributed by atoms with Gasteiger partial charge in [0, 0.05) is 45.3 Å². The number of carbonyl (C=O) groups is 1. The monoisotopic (exact) mass is 318 g/mol. The fourth-order valence-corrected chi connectivity index (χ4v) is 3.42. The number of rotatable bonds is 3. The zero-order chi connectivity index (χ0) is 16.2. The smallest absolute Gasteiger partial charge is 0.225 e. The van der Waals surface area contributed by atoms with E-state index in [1.165, 1.54) is 5.56 Å². The predicted octanol–water partition coefficient (Wildman–Crippen LogP) is 2.08. The SMILES string of the molecule is COc1ccc(C)cc1N1CCN(C(=O)C2CCOCC2)CC1. The van der Waals surface area contributed by atoms with E-state index in [1.807, 2.05) is 11.0 Å². The van der Waals surface area contributed by atoms with E-state index in [2.05, 4.69) is 24.0 Å². The Morgan fingerprint density at radius 2 is 1.87 bits per heavy atom. The van der Waals surface area contributed by atoms with Gasteiger partial charge in [-0.15, -0.1) is 0 Å². The van der Waals surface area contributed by atoms with Gasteiger partial charge in [-0.05, 0) is 37.5 Å². The molecular formula is C18H26N2O3. The minimum atomic E-state index is 0.156. The van der Waals surface area contributed by atoms with Crippen molar-refractivity contribution < 1.29 is 14.3 Å². The van der Waals surface area contributed by atoms with Gasteiger partial charge in [0.25, 0.3) is 0 Å². The standard InChI is InChI=1S/C18H26N2O3/c1-14-3-4-17(22-2)16(13-14)19-7-9-20(10-8-19)18(21)15-5-11-23-12-6-15/h3-4,13,15H,5-12H2,1-2H3. The molecule has 2 aliphatic rings. The summed E-state index contributed by atoms with van der Waals surface area (Å²) in [6.45, 7) is 6.81. The summed E-state index contributed by atoms with van der Waals surface area (Å²) in [6, 6.07) is 6.24. The Balaban J connectivity index is 1.62. The van der Waals surface area contributed by atoms with Gasteiger partial charge in [0.2, 0.25) is 5.91 Å². The molecule has 2 saturated heterocycles. The average Bonchev–Trinajstić information content (AvgIpc) is 2.62. The van der Waals surface area contributed by atoms with Crippen LogP contribution in [0, 0.1) is 12.8 Å². The molecule has 23 heavy (non-hydrogen) atoms. The van der Waals surface area contributed by atoms with E-state index in [4.69, 9.17) is 9.47 Å². The molecular weight excluding hydrogens is 292 g/mol. The van der Waals surface area contributed by atoms with Crippen LogP contribution < -0.4 is 9.64 Å². The second kappa shape index (κ2) is 7.21. The van der Waals surface area contributed by atoms with Crippen molar-refractivity contribution in [3.63, 3.8) is 0 Å². The van der Waals surface area contributed by atoms with Gasteiger partial charge in [-0.1, -0.05) is 6.07 Å². The number of amides is 1. The Kier molecular flexibility index (Phi) is 5.06. The van der Waals surface area contributed by atoms with Crippen molar-refractivity contribution in [1.82, 2.24) is 4.90 Å². The van der Waals surface area contributed by atoms with E-state index in [0.717, 1.165) is 63.7 Å². The van der Waals surface area contributed by atoms with E-state index < -0.39 is 0 Å². The van der Waals surface area contributed by atoms with Crippen LogP contribution in [0.15, 0.2) is 18.2 Å². The first-order valence-electron chi connectivity index (χ1n) is 8.45. The third kappa shape index (κ3) is 3.61. The van der Waals surface area contributed by atoms with Crippen LogP contribution in [0.1, 0.15) is 18.4 Å². The number of hydrogen-bond acceptors (Lipinski definition) is 4. The lowest BCUT2D eigenvalue weighted by molar-refractivity contribution is -0.138. The third-order valence-electron chi connectivity index (χ3n) is 4.84. The first kappa shape index (κ1) is 16.1. The van der Waals surface area contributed by atoms with Crippen LogP contribution in [-0.4, -0.2) is 57.3 Å². The van der Waals surface area contributed by atoms with Crippen LogP contribution in [0.4, 0.5) is 5.69 Å². The topological polar surface area (TPSA) is 42.0 Å². The summed E-state index contributed by atoms with van der Waals surface area (Å²) in [5.74, 6) is 1.37. The number of nitrogens with zero attached hydrogens (tertiary/aromatic N) is 2. The van der Waals surface area contributed by atoms with Crippen molar-refractivity contribution in [2.45, 2.75) is 19.8 Å². The van der Waals surface area contributed by atoms with Gasteiger partial charge in [0.15, 0.2) is 0 Å². The van der Waals surface area contributed by atoms with Gasteiger partial charge in [0.1, 0.15) is 5.75 Å². The average molecular weight is 318 g/mol. The molecule has 1 amide bonds. The summed E-state index contributed by atoms with van der Waals surface area (Å²) >= 11 is 0. The van der Waals surface area contributed by atoms with Crippen LogP contribution in [0.5, 0.6) is 5.75 Å². The van der Waals surface area contributed by atoms with Crippen molar-refractivity contribution in [3.8, 4) is 5.75 Å². The van der Waals surface area contributed by atoms with Crippen LogP contribution in [0.3, 0.4) is 0 Å². The maximum atomic E-state index is 12.6. The lowest BCUT2D eigenvalue weighted by Crippen LogP contribution is -2.51. The fourth-order valence-electron chi connectivity index (χ4n) is 3.42. The summed E-state index contributed by atoms with van der Waals surface area (Å²) in [7, 11) is 1.71. The zero-order valence-corrected chi connectivity index (χ0v) is 14.1. The normalized spacial score (nSPS) is 19.7. The van der Waals surface area contributed by atoms with Gasteiger partial charge < -0.3 is 19.3 Å². The van der Waals surface area contributed by atoms with Crippen LogP contribution in [0.2, 0.25) is 0 Å². The third-order valence-corrected chi connectivity index (χ3v) is 4.84. The van der Waals surface area contributed by atoms with E-state index in [-0.39, 0.29) is 5.92 Å². The largest absolute Gasteiger partial charge is 0.495 e. The van der Waals surface area contributed by atoms with Crippen molar-refractivity contribution in [2.75, 3.05) is 51.4 Å². The summed E-state index contributed by atoms with van der Waals surface area (Å²) in [4.78, 5) is 16.9. The number of piperazine rings is 1. The Hall–Kier alpha value is -1.75. The number of methoxy groups -OCH3 is 1. The highest BCUT2D eigenvalue weighted by Gasteiger charge is 2.29. The van der Waals surface area contributed by atoms with Crippen molar-refractivity contribution in [1.29, 1.82) is 0 Å². The molecule has 2 fully saturated rings. The number of carbonyl (C=O) groups excluding carboxylic acids is 1. The van der Waals surface area contributed by atoms with Crippen molar-refractivity contribution in [3.05, 3.63) is 23.8 Å². The number of ether oxygens (including phenoxy) is 2. The summed E-state index contributed by atoms with van der Waals surface area (Å²) in [5, 5.41) is 0. The molecule has 0 atom stereocenters. The van der Waals surface area contributed by atoms with Crippen LogP contribution in [-0.2, 0) is 9.53 Å². The molecule has 2 heterocycles. The van der Waals surface area contributed by atoms with Gasteiger partial charge in [0.05, 0.1) is 12.8 Å². The number of aryl methyl sites for hydroxylation is 1. The van der Waals surface area contributed by atoms with Gasteiger partial charge in [-0.25, -0.2) is 0 Å². The van der Waals surface area contributed by atoms with Crippen LogP contribution >= 0.6 is 0 Å². The Morgan fingerprint density at radius 1 is 1.17 bits per heavy atom. The summed E-state index contributed by atoms with van der Waals surface area (Å²) in [5.41, 5.74) is 2.35. The van der Waals surface area contributed by atoms with Gasteiger partial charge in [-0.3, -0.25) is 4.79 Å². The first-order chi connectivity index (χ1) is 11.2. The molecule has 2 aliphatic heterocycles. The second-order valence-electron chi connectivity index (χ2n) is 6.37.